The fourth-order valence-corrected chi connectivity index (χ4v) is 2.33. The molecule has 0 saturated carbocycles. The summed E-state index contributed by atoms with van der Waals surface area (Å²) in [5, 5.41) is 13.3. The number of carbonyl (C=O) groups is 1. The average molecular weight is 269 g/mol. The Morgan fingerprint density at radius 2 is 1.89 bits per heavy atom. The second kappa shape index (κ2) is 5.16. The summed E-state index contributed by atoms with van der Waals surface area (Å²) in [6.07, 6.45) is 1.20. The summed E-state index contributed by atoms with van der Waals surface area (Å²) in [5.74, 6) is -0.787. The van der Waals surface area contributed by atoms with Crippen molar-refractivity contribution in [2.24, 2.45) is 0 Å². The van der Waals surface area contributed by atoms with Crippen molar-refractivity contribution < 1.29 is 9.90 Å². The SMILES string of the molecule is CN1CCC(Nc2ccc(Cl)cc2)(C(=O)O)CC1. The summed E-state index contributed by atoms with van der Waals surface area (Å²) in [6.45, 7) is 1.57. The van der Waals surface area contributed by atoms with E-state index in [0.717, 1.165) is 18.8 Å². The zero-order chi connectivity index (χ0) is 13.2. The lowest BCUT2D eigenvalue weighted by molar-refractivity contribution is -0.143. The Hall–Kier alpha value is -1.26. The third-order valence-electron chi connectivity index (χ3n) is 3.48. The van der Waals surface area contributed by atoms with Crippen LogP contribution in [-0.4, -0.2) is 41.7 Å². The van der Waals surface area contributed by atoms with E-state index in [2.05, 4.69) is 10.2 Å². The van der Waals surface area contributed by atoms with E-state index in [1.165, 1.54) is 0 Å². The van der Waals surface area contributed by atoms with Gasteiger partial charge in [0.25, 0.3) is 0 Å². The lowest BCUT2D eigenvalue weighted by Gasteiger charge is -2.38. The number of nitrogens with zero attached hydrogens (tertiary/aromatic N) is 1. The molecular weight excluding hydrogens is 252 g/mol. The van der Waals surface area contributed by atoms with Gasteiger partial charge in [-0.15, -0.1) is 0 Å². The van der Waals surface area contributed by atoms with Crippen molar-refractivity contribution in [3.63, 3.8) is 0 Å². The fraction of sp³-hybridized carbons (Fsp3) is 0.462. The maximum Gasteiger partial charge on any atom is 0.329 e. The molecule has 0 unspecified atom stereocenters. The minimum absolute atomic E-state index is 0.599. The van der Waals surface area contributed by atoms with E-state index in [0.29, 0.717) is 17.9 Å². The Labute approximate surface area is 112 Å². The van der Waals surface area contributed by atoms with Gasteiger partial charge in [0, 0.05) is 23.8 Å². The van der Waals surface area contributed by atoms with Gasteiger partial charge < -0.3 is 15.3 Å². The molecule has 4 nitrogen and oxygen atoms in total. The van der Waals surface area contributed by atoms with E-state index in [-0.39, 0.29) is 0 Å². The molecule has 2 N–H and O–H groups in total. The monoisotopic (exact) mass is 268 g/mol. The van der Waals surface area contributed by atoms with Crippen LogP contribution in [-0.2, 0) is 4.79 Å². The third-order valence-corrected chi connectivity index (χ3v) is 3.73. The van der Waals surface area contributed by atoms with Crippen molar-refractivity contribution >= 4 is 23.3 Å². The third kappa shape index (κ3) is 2.76. The minimum Gasteiger partial charge on any atom is -0.480 e. The highest BCUT2D eigenvalue weighted by Gasteiger charge is 2.40. The van der Waals surface area contributed by atoms with Gasteiger partial charge in [-0.05, 0) is 44.2 Å². The Morgan fingerprint density at radius 3 is 2.39 bits per heavy atom. The Morgan fingerprint density at radius 1 is 1.33 bits per heavy atom. The summed E-state index contributed by atoms with van der Waals surface area (Å²) in [7, 11) is 2.01. The highest BCUT2D eigenvalue weighted by Crippen LogP contribution is 2.27. The number of halogens is 1. The molecule has 0 spiro atoms. The van der Waals surface area contributed by atoms with Gasteiger partial charge >= 0.3 is 5.97 Å². The molecule has 1 aliphatic heterocycles. The van der Waals surface area contributed by atoms with Gasteiger partial charge in [0.2, 0.25) is 0 Å². The van der Waals surface area contributed by atoms with E-state index in [1.807, 2.05) is 19.2 Å². The molecule has 0 radical (unpaired) electrons. The minimum atomic E-state index is -0.861. The normalized spacial score (nSPS) is 19.4. The summed E-state index contributed by atoms with van der Waals surface area (Å²) < 4.78 is 0. The molecule has 1 saturated heterocycles. The molecule has 2 rings (SSSR count). The van der Waals surface area contributed by atoms with E-state index in [1.54, 1.807) is 12.1 Å². The molecule has 18 heavy (non-hydrogen) atoms. The van der Waals surface area contributed by atoms with Crippen LogP contribution in [0.25, 0.3) is 0 Å². The number of carboxylic acid groups (broad SMARTS) is 1. The predicted molar refractivity (Wildman–Crippen MR) is 72.2 cm³/mol. The highest BCUT2D eigenvalue weighted by molar-refractivity contribution is 6.30. The lowest BCUT2D eigenvalue weighted by Crippen LogP contribution is -2.53. The Bertz CT molecular complexity index is 425. The van der Waals surface area contributed by atoms with Crippen molar-refractivity contribution in [1.29, 1.82) is 0 Å². The molecular formula is C13H17ClN2O2. The van der Waals surface area contributed by atoms with Crippen LogP contribution < -0.4 is 5.32 Å². The van der Waals surface area contributed by atoms with Gasteiger partial charge in [-0.2, -0.15) is 0 Å². The van der Waals surface area contributed by atoms with E-state index < -0.39 is 11.5 Å². The molecule has 1 heterocycles. The number of piperidine rings is 1. The molecule has 0 aliphatic carbocycles. The van der Waals surface area contributed by atoms with Gasteiger partial charge in [0.15, 0.2) is 0 Å². The first-order valence-electron chi connectivity index (χ1n) is 5.97. The van der Waals surface area contributed by atoms with Gasteiger partial charge in [-0.3, -0.25) is 0 Å². The number of likely N-dealkylation sites (tertiary alicyclic amines) is 1. The smallest absolute Gasteiger partial charge is 0.329 e. The summed E-state index contributed by atoms with van der Waals surface area (Å²) in [6, 6.07) is 7.14. The lowest BCUT2D eigenvalue weighted by atomic mass is 9.87. The maximum atomic E-state index is 11.5. The van der Waals surface area contributed by atoms with Crippen LogP contribution in [0.5, 0.6) is 0 Å². The Kier molecular flexibility index (Phi) is 3.78. The molecule has 0 bridgehead atoms. The number of hydrogen-bond donors (Lipinski definition) is 2. The molecule has 0 amide bonds. The molecule has 5 heteroatoms. The van der Waals surface area contributed by atoms with Crippen LogP contribution >= 0.6 is 11.6 Å². The largest absolute Gasteiger partial charge is 0.480 e. The summed E-state index contributed by atoms with van der Waals surface area (Å²) in [5.41, 5.74) is -0.0632. The fourth-order valence-electron chi connectivity index (χ4n) is 2.20. The molecule has 1 aliphatic rings. The first kappa shape index (κ1) is 13.2. The highest BCUT2D eigenvalue weighted by atomic mass is 35.5. The summed E-state index contributed by atoms with van der Waals surface area (Å²) in [4.78, 5) is 13.7. The molecule has 98 valence electrons. The summed E-state index contributed by atoms with van der Waals surface area (Å²) >= 11 is 5.82. The first-order chi connectivity index (χ1) is 8.52. The van der Waals surface area contributed by atoms with Crippen LogP contribution in [0.1, 0.15) is 12.8 Å². The van der Waals surface area contributed by atoms with Crippen molar-refractivity contribution in [3.8, 4) is 0 Å². The number of carboxylic acids is 1. The first-order valence-corrected chi connectivity index (χ1v) is 6.35. The predicted octanol–water partition coefficient (Wildman–Crippen LogP) is 2.30. The number of nitrogens with one attached hydrogen (secondary N) is 1. The number of hydrogen-bond acceptors (Lipinski definition) is 3. The quantitative estimate of drug-likeness (QED) is 0.883. The molecule has 1 fully saturated rings. The zero-order valence-corrected chi connectivity index (χ0v) is 11.1. The van der Waals surface area contributed by atoms with Crippen LogP contribution in [0.3, 0.4) is 0 Å². The second-order valence-electron chi connectivity index (χ2n) is 4.82. The van der Waals surface area contributed by atoms with Gasteiger partial charge in [0.1, 0.15) is 5.54 Å². The number of aliphatic carboxylic acids is 1. The Balaban J connectivity index is 2.16. The molecule has 0 atom stereocenters. The standard InChI is InChI=1S/C13H17ClN2O2/c1-16-8-6-13(7-9-16,12(17)18)15-11-4-2-10(14)3-5-11/h2-5,15H,6-9H2,1H3,(H,17,18). The molecule has 1 aromatic rings. The number of anilines is 1. The van der Waals surface area contributed by atoms with Crippen LogP contribution in [0, 0.1) is 0 Å². The zero-order valence-electron chi connectivity index (χ0n) is 10.3. The van der Waals surface area contributed by atoms with Crippen LogP contribution in [0.2, 0.25) is 5.02 Å². The van der Waals surface area contributed by atoms with E-state index in [9.17, 15) is 9.90 Å². The average Bonchev–Trinajstić information content (AvgIpc) is 2.35. The molecule has 1 aromatic carbocycles. The van der Waals surface area contributed by atoms with Gasteiger partial charge in [0.05, 0.1) is 0 Å². The van der Waals surface area contributed by atoms with Crippen molar-refractivity contribution in [2.45, 2.75) is 18.4 Å². The van der Waals surface area contributed by atoms with E-state index >= 15 is 0 Å². The molecule has 0 aromatic heterocycles. The van der Waals surface area contributed by atoms with Crippen molar-refractivity contribution in [2.75, 3.05) is 25.5 Å². The van der Waals surface area contributed by atoms with Crippen molar-refractivity contribution in [1.82, 2.24) is 4.90 Å². The van der Waals surface area contributed by atoms with E-state index in [4.69, 9.17) is 11.6 Å². The topological polar surface area (TPSA) is 52.6 Å². The maximum absolute atomic E-state index is 11.5. The second-order valence-corrected chi connectivity index (χ2v) is 5.26. The van der Waals surface area contributed by atoms with Crippen LogP contribution in [0.4, 0.5) is 5.69 Å². The van der Waals surface area contributed by atoms with Gasteiger partial charge in [-0.25, -0.2) is 4.79 Å². The number of benzene rings is 1. The van der Waals surface area contributed by atoms with Crippen molar-refractivity contribution in [3.05, 3.63) is 29.3 Å². The van der Waals surface area contributed by atoms with Gasteiger partial charge in [-0.1, -0.05) is 11.6 Å². The number of rotatable bonds is 3. The van der Waals surface area contributed by atoms with Crippen LogP contribution in [0.15, 0.2) is 24.3 Å².